The molecule has 1 atom stereocenters. The smallest absolute Gasteiger partial charge is 0.0897 e. The Morgan fingerprint density at radius 1 is 1.41 bits per heavy atom. The summed E-state index contributed by atoms with van der Waals surface area (Å²) in [5.74, 6) is 0.727. The molecule has 1 heterocycles. The van der Waals surface area contributed by atoms with Gasteiger partial charge in [0.1, 0.15) is 0 Å². The van der Waals surface area contributed by atoms with Crippen LogP contribution in [-0.4, -0.2) is 36.6 Å². The maximum Gasteiger partial charge on any atom is 0.0897 e. The second kappa shape index (κ2) is 7.09. The number of thiazole rings is 1. The number of hydrogen-bond donors (Lipinski definition) is 1. The van der Waals surface area contributed by atoms with E-state index in [1.54, 1.807) is 11.3 Å². The molecule has 1 aromatic rings. The highest BCUT2D eigenvalue weighted by Gasteiger charge is 2.12. The lowest BCUT2D eigenvalue weighted by Crippen LogP contribution is -2.38. The van der Waals surface area contributed by atoms with Crippen molar-refractivity contribution in [3.05, 3.63) is 16.1 Å². The molecule has 0 amide bonds. The molecule has 0 fully saturated rings. The maximum atomic E-state index is 4.48. The summed E-state index contributed by atoms with van der Waals surface area (Å²) < 4.78 is 0. The van der Waals surface area contributed by atoms with Crippen LogP contribution in [0.3, 0.4) is 0 Å². The second-order valence-corrected chi connectivity index (χ2v) is 6.39. The third-order valence-corrected chi connectivity index (χ3v) is 3.40. The first kappa shape index (κ1) is 14.6. The van der Waals surface area contributed by atoms with Gasteiger partial charge in [-0.25, -0.2) is 4.98 Å². The molecule has 0 aromatic carbocycles. The van der Waals surface area contributed by atoms with Gasteiger partial charge in [-0.1, -0.05) is 13.8 Å². The van der Waals surface area contributed by atoms with Crippen LogP contribution in [0.1, 0.15) is 31.0 Å². The van der Waals surface area contributed by atoms with Crippen molar-refractivity contribution in [2.45, 2.75) is 39.8 Å². The molecule has 0 saturated carbocycles. The third kappa shape index (κ3) is 6.15. The van der Waals surface area contributed by atoms with Gasteiger partial charge in [0, 0.05) is 24.5 Å². The van der Waals surface area contributed by atoms with Crippen LogP contribution in [0.4, 0.5) is 0 Å². The van der Waals surface area contributed by atoms with E-state index in [0.29, 0.717) is 6.04 Å². The van der Waals surface area contributed by atoms with Gasteiger partial charge in [0.15, 0.2) is 0 Å². The number of aromatic nitrogens is 1. The van der Waals surface area contributed by atoms with Crippen molar-refractivity contribution in [1.29, 1.82) is 0 Å². The summed E-state index contributed by atoms with van der Waals surface area (Å²) in [5.41, 5.74) is 1.17. The molecule has 1 rings (SSSR count). The molecule has 1 aromatic heterocycles. The van der Waals surface area contributed by atoms with Crippen LogP contribution in [0.25, 0.3) is 0 Å². The first-order valence-electron chi connectivity index (χ1n) is 6.26. The largest absolute Gasteiger partial charge is 0.308 e. The predicted octanol–water partition coefficient (Wildman–Crippen LogP) is 2.52. The average molecular weight is 255 g/mol. The summed E-state index contributed by atoms with van der Waals surface area (Å²) in [6.07, 6.45) is 1.21. The Hall–Kier alpha value is -0.450. The molecule has 4 heteroatoms. The topological polar surface area (TPSA) is 28.2 Å². The van der Waals surface area contributed by atoms with Crippen LogP contribution in [-0.2, 0) is 6.54 Å². The second-order valence-electron chi connectivity index (χ2n) is 5.33. The Labute approximate surface area is 109 Å². The van der Waals surface area contributed by atoms with Gasteiger partial charge in [-0.05, 0) is 33.4 Å². The highest BCUT2D eigenvalue weighted by atomic mass is 32.1. The number of nitrogens with zero attached hydrogens (tertiary/aromatic N) is 2. The van der Waals surface area contributed by atoms with Gasteiger partial charge >= 0.3 is 0 Å². The van der Waals surface area contributed by atoms with Gasteiger partial charge < -0.3 is 10.2 Å². The molecule has 0 aliphatic carbocycles. The van der Waals surface area contributed by atoms with Crippen molar-refractivity contribution in [2.24, 2.45) is 5.92 Å². The van der Waals surface area contributed by atoms with Gasteiger partial charge in [0.05, 0.1) is 10.7 Å². The lowest BCUT2D eigenvalue weighted by molar-refractivity contribution is 0.304. The fourth-order valence-electron chi connectivity index (χ4n) is 1.97. The Kier molecular flexibility index (Phi) is 6.09. The zero-order valence-electron chi connectivity index (χ0n) is 11.7. The Morgan fingerprint density at radius 2 is 2.12 bits per heavy atom. The SMILES string of the molecule is Cc1nc(CNC(CC(C)C)CN(C)C)cs1. The fraction of sp³-hybridized carbons (Fsp3) is 0.769. The highest BCUT2D eigenvalue weighted by molar-refractivity contribution is 7.09. The van der Waals surface area contributed by atoms with Gasteiger partial charge in [-0.3, -0.25) is 0 Å². The van der Waals surface area contributed by atoms with Crippen LogP contribution in [0.15, 0.2) is 5.38 Å². The summed E-state index contributed by atoms with van der Waals surface area (Å²) in [7, 11) is 4.25. The Bertz CT molecular complexity index is 310. The van der Waals surface area contributed by atoms with Gasteiger partial charge in [0.25, 0.3) is 0 Å². The summed E-state index contributed by atoms with van der Waals surface area (Å²) in [6.45, 7) is 8.57. The van der Waals surface area contributed by atoms with E-state index in [9.17, 15) is 0 Å². The van der Waals surface area contributed by atoms with Crippen LogP contribution < -0.4 is 5.32 Å². The summed E-state index contributed by atoms with van der Waals surface area (Å²) in [4.78, 5) is 6.73. The average Bonchev–Trinajstić information content (AvgIpc) is 2.59. The molecule has 0 saturated heterocycles. The number of likely N-dealkylation sites (N-methyl/N-ethyl adjacent to an activating group) is 1. The third-order valence-electron chi connectivity index (χ3n) is 2.58. The number of aryl methyl sites for hydroxylation is 1. The lowest BCUT2D eigenvalue weighted by Gasteiger charge is -2.23. The minimum absolute atomic E-state index is 0.548. The van der Waals surface area contributed by atoms with Gasteiger partial charge in [-0.15, -0.1) is 11.3 Å². The minimum Gasteiger partial charge on any atom is -0.308 e. The van der Waals surface area contributed by atoms with E-state index in [2.05, 4.69) is 55.4 Å². The Balaban J connectivity index is 2.42. The van der Waals surface area contributed by atoms with Crippen LogP contribution in [0.5, 0.6) is 0 Å². The number of rotatable bonds is 7. The van der Waals surface area contributed by atoms with E-state index in [4.69, 9.17) is 0 Å². The molecule has 0 spiro atoms. The molecule has 0 bridgehead atoms. The normalized spacial score (nSPS) is 13.6. The quantitative estimate of drug-likeness (QED) is 0.811. The van der Waals surface area contributed by atoms with Crippen LogP contribution in [0.2, 0.25) is 0 Å². The molecule has 17 heavy (non-hydrogen) atoms. The molecule has 1 unspecified atom stereocenters. The van der Waals surface area contributed by atoms with Crippen LogP contribution in [0, 0.1) is 12.8 Å². The van der Waals surface area contributed by atoms with E-state index in [0.717, 1.165) is 24.0 Å². The monoisotopic (exact) mass is 255 g/mol. The standard InChI is InChI=1S/C13H25N3S/c1-10(2)6-12(8-16(4)5)14-7-13-9-17-11(3)15-13/h9-10,12,14H,6-8H2,1-5H3. The number of nitrogens with one attached hydrogen (secondary N) is 1. The van der Waals surface area contributed by atoms with Crippen molar-refractivity contribution < 1.29 is 0 Å². The van der Waals surface area contributed by atoms with E-state index in [-0.39, 0.29) is 0 Å². The predicted molar refractivity (Wildman–Crippen MR) is 75.5 cm³/mol. The molecule has 0 radical (unpaired) electrons. The van der Waals surface area contributed by atoms with Crippen molar-refractivity contribution >= 4 is 11.3 Å². The zero-order chi connectivity index (χ0) is 12.8. The fourth-order valence-corrected chi connectivity index (χ4v) is 2.58. The van der Waals surface area contributed by atoms with Gasteiger partial charge in [0.2, 0.25) is 0 Å². The molecule has 0 aliphatic heterocycles. The van der Waals surface area contributed by atoms with Crippen molar-refractivity contribution in [1.82, 2.24) is 15.2 Å². The zero-order valence-corrected chi connectivity index (χ0v) is 12.5. The van der Waals surface area contributed by atoms with E-state index in [1.165, 1.54) is 12.1 Å². The van der Waals surface area contributed by atoms with E-state index in [1.807, 2.05) is 0 Å². The lowest BCUT2D eigenvalue weighted by atomic mass is 10.0. The summed E-state index contributed by atoms with van der Waals surface area (Å²) in [5, 5.41) is 6.91. The molecular weight excluding hydrogens is 230 g/mol. The Morgan fingerprint density at radius 3 is 2.59 bits per heavy atom. The molecule has 1 N–H and O–H groups in total. The van der Waals surface area contributed by atoms with Crippen molar-refractivity contribution in [3.63, 3.8) is 0 Å². The minimum atomic E-state index is 0.548. The number of hydrogen-bond acceptors (Lipinski definition) is 4. The molecular formula is C13H25N3S. The van der Waals surface area contributed by atoms with Crippen molar-refractivity contribution in [2.75, 3.05) is 20.6 Å². The van der Waals surface area contributed by atoms with Gasteiger partial charge in [-0.2, -0.15) is 0 Å². The highest BCUT2D eigenvalue weighted by Crippen LogP contribution is 2.10. The van der Waals surface area contributed by atoms with E-state index < -0.39 is 0 Å². The summed E-state index contributed by atoms with van der Waals surface area (Å²) >= 11 is 1.72. The van der Waals surface area contributed by atoms with E-state index >= 15 is 0 Å². The first-order valence-corrected chi connectivity index (χ1v) is 7.14. The molecule has 98 valence electrons. The maximum absolute atomic E-state index is 4.48. The molecule has 3 nitrogen and oxygen atoms in total. The van der Waals surface area contributed by atoms with Crippen molar-refractivity contribution in [3.8, 4) is 0 Å². The first-order chi connectivity index (χ1) is 7.97. The summed E-state index contributed by atoms with van der Waals surface area (Å²) in [6, 6.07) is 0.548. The van der Waals surface area contributed by atoms with Crippen LogP contribution >= 0.6 is 11.3 Å². The molecule has 0 aliphatic rings.